The Balaban J connectivity index is 1.81. The number of benzene rings is 2. The number of sulfonamides is 1. The molecule has 1 aliphatic rings. The van der Waals surface area contributed by atoms with E-state index < -0.39 is 33.1 Å². The molecule has 2 aromatic carbocycles. The van der Waals surface area contributed by atoms with Crippen molar-refractivity contribution in [3.8, 4) is 0 Å². The number of alkyl halides is 3. The molecule has 0 aliphatic carbocycles. The Kier molecular flexibility index (Phi) is 6.13. The molecule has 6 nitrogen and oxygen atoms in total. The zero-order valence-corrected chi connectivity index (χ0v) is 17.8. The second-order valence-corrected chi connectivity index (χ2v) is 9.41. The molecule has 0 fully saturated rings. The maximum Gasteiger partial charge on any atom is 0.416 e. The molecule has 2 N–H and O–H groups in total. The number of aliphatic imine (C=N–C) groups is 1. The molecule has 0 bridgehead atoms. The predicted octanol–water partition coefficient (Wildman–Crippen LogP) is 4.09. The van der Waals surface area contributed by atoms with Gasteiger partial charge in [-0.3, -0.25) is 14.5 Å². The zero-order chi connectivity index (χ0) is 22.9. The number of carbonyl (C=O) groups excluding carboxylic acids is 1. The molecule has 1 aliphatic heterocycles. The van der Waals surface area contributed by atoms with E-state index in [1.807, 2.05) is 0 Å². The Labute approximate surface area is 178 Å². The smallest absolute Gasteiger partial charge is 0.325 e. The summed E-state index contributed by atoms with van der Waals surface area (Å²) in [5, 5.41) is 2.60. The minimum atomic E-state index is -4.53. The maximum absolute atomic E-state index is 13.0. The molecule has 3 rings (SSSR count). The topological polar surface area (TPSA) is 87.6 Å². The van der Waals surface area contributed by atoms with Crippen LogP contribution in [0.3, 0.4) is 0 Å². The van der Waals surface area contributed by atoms with Crippen LogP contribution in [0, 0.1) is 0 Å². The monoisotopic (exact) mass is 453 g/mol. The van der Waals surface area contributed by atoms with Crippen molar-refractivity contribution in [3.63, 3.8) is 0 Å². The first-order chi connectivity index (χ1) is 14.4. The number of amidine groups is 1. The van der Waals surface area contributed by atoms with Crippen LogP contribution in [-0.4, -0.2) is 26.7 Å². The summed E-state index contributed by atoms with van der Waals surface area (Å²) >= 11 is 0. The summed E-state index contributed by atoms with van der Waals surface area (Å²) in [5.74, 6) is -0.186. The van der Waals surface area contributed by atoms with E-state index in [9.17, 15) is 26.4 Å². The van der Waals surface area contributed by atoms with Gasteiger partial charge in [-0.25, -0.2) is 8.42 Å². The third-order valence-electron chi connectivity index (χ3n) is 5.01. The molecule has 0 radical (unpaired) electrons. The molecule has 31 heavy (non-hydrogen) atoms. The van der Waals surface area contributed by atoms with Gasteiger partial charge in [-0.2, -0.15) is 13.2 Å². The Hall–Kier alpha value is -2.88. The van der Waals surface area contributed by atoms with Crippen LogP contribution in [0.25, 0.3) is 0 Å². The van der Waals surface area contributed by atoms with Crippen LogP contribution < -0.4 is 10.0 Å². The van der Waals surface area contributed by atoms with Gasteiger partial charge in [0.15, 0.2) is 0 Å². The number of nitrogens with one attached hydrogen (secondary N) is 2. The molecule has 0 spiro atoms. The minimum Gasteiger partial charge on any atom is -0.325 e. The second-order valence-electron chi connectivity index (χ2n) is 7.72. The molecule has 166 valence electrons. The van der Waals surface area contributed by atoms with E-state index in [1.54, 1.807) is 0 Å². The van der Waals surface area contributed by atoms with Gasteiger partial charge in [0.25, 0.3) is 10.0 Å². The molecular weight excluding hydrogens is 431 g/mol. The lowest BCUT2D eigenvalue weighted by atomic mass is 9.83. The number of rotatable bonds is 5. The van der Waals surface area contributed by atoms with Gasteiger partial charge < -0.3 is 5.32 Å². The highest BCUT2D eigenvalue weighted by atomic mass is 32.2. The van der Waals surface area contributed by atoms with Crippen LogP contribution in [-0.2, 0) is 26.4 Å². The van der Waals surface area contributed by atoms with Gasteiger partial charge in [0.2, 0.25) is 5.91 Å². The number of anilines is 1. The number of hydrogen-bond acceptors (Lipinski definition) is 4. The lowest BCUT2D eigenvalue weighted by Gasteiger charge is -2.25. The Bertz CT molecular complexity index is 1130. The van der Waals surface area contributed by atoms with Crippen molar-refractivity contribution in [2.45, 2.75) is 43.2 Å². The molecule has 2 aromatic rings. The fourth-order valence-electron chi connectivity index (χ4n) is 3.08. The van der Waals surface area contributed by atoms with Crippen molar-refractivity contribution in [1.29, 1.82) is 0 Å². The number of halogens is 3. The molecule has 0 atom stereocenters. The summed E-state index contributed by atoms with van der Waals surface area (Å²) in [7, 11) is -3.87. The highest BCUT2D eigenvalue weighted by Crippen LogP contribution is 2.33. The van der Waals surface area contributed by atoms with E-state index in [-0.39, 0.29) is 16.1 Å². The van der Waals surface area contributed by atoms with Crippen molar-refractivity contribution >= 4 is 27.5 Å². The van der Waals surface area contributed by atoms with Gasteiger partial charge >= 0.3 is 6.18 Å². The summed E-state index contributed by atoms with van der Waals surface area (Å²) in [4.78, 5) is 16.9. The van der Waals surface area contributed by atoms with Gasteiger partial charge in [0.05, 0.1) is 15.9 Å². The van der Waals surface area contributed by atoms with Gasteiger partial charge in [-0.1, -0.05) is 24.3 Å². The summed E-state index contributed by atoms with van der Waals surface area (Å²) < 4.78 is 66.7. The first kappa shape index (κ1) is 22.8. The number of amides is 1. The van der Waals surface area contributed by atoms with Crippen LogP contribution in [0.15, 0.2) is 58.4 Å². The summed E-state index contributed by atoms with van der Waals surface area (Å²) in [6, 6.07) is 10.2. The molecule has 0 saturated heterocycles. The first-order valence-corrected chi connectivity index (χ1v) is 11.0. The van der Waals surface area contributed by atoms with Crippen LogP contribution in [0.2, 0.25) is 0 Å². The van der Waals surface area contributed by atoms with Crippen molar-refractivity contribution < 1.29 is 26.4 Å². The van der Waals surface area contributed by atoms with Crippen LogP contribution in [0.1, 0.15) is 37.8 Å². The standard InChI is InChI=1S/C21H22F3N3O3S/c1-20(2,14-6-3-7-15(12-14)21(22,23)24)19(28)26-16-8-4-9-17(13-16)31(29,30)27-18-10-5-11-25-18/h3-4,6-9,12-13H,5,10-11H2,1-2H3,(H,25,27)(H,26,28). The normalized spacial score (nSPS) is 14.8. The highest BCUT2D eigenvalue weighted by Gasteiger charge is 2.35. The van der Waals surface area contributed by atoms with Crippen LogP contribution in [0.5, 0.6) is 0 Å². The molecule has 0 unspecified atom stereocenters. The number of nitrogens with zero attached hydrogens (tertiary/aromatic N) is 1. The lowest BCUT2D eigenvalue weighted by molar-refractivity contribution is -0.137. The average molecular weight is 453 g/mol. The van der Waals surface area contributed by atoms with Crippen molar-refractivity contribution in [3.05, 3.63) is 59.7 Å². The zero-order valence-electron chi connectivity index (χ0n) is 17.0. The van der Waals surface area contributed by atoms with E-state index in [2.05, 4.69) is 15.0 Å². The van der Waals surface area contributed by atoms with Crippen molar-refractivity contribution in [2.24, 2.45) is 4.99 Å². The first-order valence-electron chi connectivity index (χ1n) is 9.55. The Morgan fingerprint density at radius 2 is 1.71 bits per heavy atom. The highest BCUT2D eigenvalue weighted by molar-refractivity contribution is 7.90. The summed E-state index contributed by atoms with van der Waals surface area (Å²) in [5.41, 5.74) is -1.75. The second kappa shape index (κ2) is 8.33. The van der Waals surface area contributed by atoms with Crippen LogP contribution >= 0.6 is 0 Å². The Morgan fingerprint density at radius 1 is 1.03 bits per heavy atom. The summed E-state index contributed by atoms with van der Waals surface area (Å²) in [6.07, 6.45) is -3.21. The van der Waals surface area contributed by atoms with Gasteiger partial charge in [-0.15, -0.1) is 0 Å². The lowest BCUT2D eigenvalue weighted by Crippen LogP contribution is -2.35. The number of carbonyl (C=O) groups is 1. The largest absolute Gasteiger partial charge is 0.416 e. The maximum atomic E-state index is 13.0. The van der Waals surface area contributed by atoms with E-state index in [0.717, 1.165) is 18.6 Å². The van der Waals surface area contributed by atoms with Crippen LogP contribution in [0.4, 0.5) is 18.9 Å². The molecule has 0 aromatic heterocycles. The van der Waals surface area contributed by atoms with E-state index in [1.165, 1.54) is 50.2 Å². The fraction of sp³-hybridized carbons (Fsp3) is 0.333. The van der Waals surface area contributed by atoms with E-state index in [0.29, 0.717) is 18.8 Å². The minimum absolute atomic E-state index is 0.0585. The van der Waals surface area contributed by atoms with E-state index in [4.69, 9.17) is 0 Å². The predicted molar refractivity (Wildman–Crippen MR) is 111 cm³/mol. The van der Waals surface area contributed by atoms with Crippen molar-refractivity contribution in [2.75, 3.05) is 11.9 Å². The SMILES string of the molecule is CC(C)(C(=O)Nc1cccc(S(=O)(=O)NC2=NCCC2)c1)c1cccc(C(F)(F)F)c1. The van der Waals surface area contributed by atoms with E-state index >= 15 is 0 Å². The summed E-state index contributed by atoms with van der Waals surface area (Å²) in [6.45, 7) is 3.56. The van der Waals surface area contributed by atoms with Crippen molar-refractivity contribution in [1.82, 2.24) is 4.72 Å². The molecule has 10 heteroatoms. The average Bonchev–Trinajstić information content (AvgIpc) is 3.20. The third-order valence-corrected chi connectivity index (χ3v) is 6.39. The van der Waals surface area contributed by atoms with Gasteiger partial charge in [0, 0.05) is 18.7 Å². The molecule has 1 heterocycles. The Morgan fingerprint density at radius 3 is 2.35 bits per heavy atom. The fourth-order valence-corrected chi connectivity index (χ4v) is 4.22. The van der Waals surface area contributed by atoms with Gasteiger partial charge in [-0.05, 0) is 50.1 Å². The molecule has 0 saturated carbocycles. The molecular formula is C21H22F3N3O3S. The molecule has 1 amide bonds. The van der Waals surface area contributed by atoms with Gasteiger partial charge in [0.1, 0.15) is 5.84 Å². The number of hydrogen-bond donors (Lipinski definition) is 2. The quantitative estimate of drug-likeness (QED) is 0.715. The third kappa shape index (κ3) is 5.25.